The van der Waals surface area contributed by atoms with Crippen molar-refractivity contribution in [3.05, 3.63) is 29.8 Å². The summed E-state index contributed by atoms with van der Waals surface area (Å²) in [5, 5.41) is 21.9. The number of β-amino-alcohol motifs (C(OH)–C–C–N with tert-alkyl or cyclic N) is 1. The average Bonchev–Trinajstić information content (AvgIpc) is 2.63. The zero-order chi connectivity index (χ0) is 18.4. The van der Waals surface area contributed by atoms with Crippen LogP contribution >= 0.6 is 0 Å². The Labute approximate surface area is 155 Å². The van der Waals surface area contributed by atoms with Crippen LogP contribution in [0.2, 0.25) is 0 Å². The second kappa shape index (κ2) is 9.35. The van der Waals surface area contributed by atoms with Crippen LogP contribution < -0.4 is 5.32 Å². The molecular formula is C20H31N3O3. The zero-order valence-electron chi connectivity index (χ0n) is 15.4. The fourth-order valence-corrected chi connectivity index (χ4v) is 4.11. The predicted molar refractivity (Wildman–Crippen MR) is 101 cm³/mol. The van der Waals surface area contributed by atoms with Crippen molar-refractivity contribution in [2.75, 3.05) is 39.3 Å². The summed E-state index contributed by atoms with van der Waals surface area (Å²) in [6.07, 6.45) is 3.88. The second-order valence-corrected chi connectivity index (χ2v) is 7.59. The number of phenolic OH excluding ortho intramolecular Hbond substituents is 1. The summed E-state index contributed by atoms with van der Waals surface area (Å²) in [6, 6.07) is 7.61. The SMILES string of the molecule is O=C(N[C@H]1CCCN(Cc2cccc(O)c2)C1)C1CCN(CCO)CC1. The van der Waals surface area contributed by atoms with Crippen molar-refractivity contribution in [1.82, 2.24) is 15.1 Å². The van der Waals surface area contributed by atoms with Crippen LogP contribution in [-0.4, -0.2) is 71.3 Å². The molecule has 0 spiro atoms. The number of carbonyl (C=O) groups is 1. The Morgan fingerprint density at radius 3 is 2.69 bits per heavy atom. The fourth-order valence-electron chi connectivity index (χ4n) is 4.11. The van der Waals surface area contributed by atoms with E-state index in [9.17, 15) is 9.90 Å². The van der Waals surface area contributed by atoms with Gasteiger partial charge in [-0.3, -0.25) is 9.69 Å². The number of aliphatic hydroxyl groups is 1. The first kappa shape index (κ1) is 19.1. The highest BCUT2D eigenvalue weighted by Gasteiger charge is 2.28. The van der Waals surface area contributed by atoms with Gasteiger partial charge in [0.1, 0.15) is 5.75 Å². The van der Waals surface area contributed by atoms with Gasteiger partial charge in [0.15, 0.2) is 0 Å². The van der Waals surface area contributed by atoms with Gasteiger partial charge in [-0.1, -0.05) is 12.1 Å². The van der Waals surface area contributed by atoms with Gasteiger partial charge in [0, 0.05) is 31.6 Å². The standard InChI is InChI=1S/C20H31N3O3/c24-12-11-22-9-6-17(7-10-22)20(26)21-18-4-2-8-23(15-18)14-16-3-1-5-19(25)13-16/h1,3,5,13,17-18,24-25H,2,4,6-12,14-15H2,(H,21,26)/t18-/m0/s1. The molecule has 6 heteroatoms. The number of nitrogens with one attached hydrogen (secondary N) is 1. The first-order valence-electron chi connectivity index (χ1n) is 9.78. The largest absolute Gasteiger partial charge is 0.508 e. The van der Waals surface area contributed by atoms with Gasteiger partial charge in [-0.15, -0.1) is 0 Å². The molecule has 2 heterocycles. The van der Waals surface area contributed by atoms with Crippen molar-refractivity contribution < 1.29 is 15.0 Å². The highest BCUT2D eigenvalue weighted by Crippen LogP contribution is 2.20. The van der Waals surface area contributed by atoms with E-state index in [1.807, 2.05) is 18.2 Å². The van der Waals surface area contributed by atoms with Gasteiger partial charge in [0.2, 0.25) is 5.91 Å². The molecular weight excluding hydrogens is 330 g/mol. The topological polar surface area (TPSA) is 76.0 Å². The highest BCUT2D eigenvalue weighted by atomic mass is 16.3. The number of benzene rings is 1. The van der Waals surface area contributed by atoms with E-state index in [2.05, 4.69) is 15.1 Å². The van der Waals surface area contributed by atoms with Crippen LogP contribution in [0.4, 0.5) is 0 Å². The number of hydrogen-bond donors (Lipinski definition) is 3. The Morgan fingerprint density at radius 1 is 1.15 bits per heavy atom. The molecule has 26 heavy (non-hydrogen) atoms. The van der Waals surface area contributed by atoms with Crippen LogP contribution in [0, 0.1) is 5.92 Å². The van der Waals surface area contributed by atoms with Crippen molar-refractivity contribution in [2.45, 2.75) is 38.3 Å². The van der Waals surface area contributed by atoms with Crippen LogP contribution in [0.1, 0.15) is 31.2 Å². The molecule has 0 aliphatic carbocycles. The minimum atomic E-state index is 0.103. The molecule has 0 unspecified atom stereocenters. The minimum Gasteiger partial charge on any atom is -0.508 e. The van der Waals surface area contributed by atoms with Gasteiger partial charge in [-0.25, -0.2) is 0 Å². The second-order valence-electron chi connectivity index (χ2n) is 7.59. The molecule has 0 radical (unpaired) electrons. The van der Waals surface area contributed by atoms with Crippen LogP contribution in [0.5, 0.6) is 5.75 Å². The number of piperidine rings is 2. The third kappa shape index (κ3) is 5.43. The molecule has 3 rings (SSSR count). The maximum atomic E-state index is 12.6. The van der Waals surface area contributed by atoms with Gasteiger partial charge in [0.25, 0.3) is 0 Å². The van der Waals surface area contributed by atoms with Gasteiger partial charge < -0.3 is 20.4 Å². The lowest BCUT2D eigenvalue weighted by Crippen LogP contribution is -2.50. The van der Waals surface area contributed by atoms with E-state index in [0.717, 1.165) is 64.0 Å². The Balaban J connectivity index is 1.45. The molecule has 144 valence electrons. The molecule has 1 aromatic carbocycles. The van der Waals surface area contributed by atoms with Crippen LogP contribution in [0.3, 0.4) is 0 Å². The van der Waals surface area contributed by atoms with Crippen LogP contribution in [0.25, 0.3) is 0 Å². The molecule has 0 aromatic heterocycles. The van der Waals surface area contributed by atoms with Gasteiger partial charge in [-0.2, -0.15) is 0 Å². The normalized spacial score (nSPS) is 23.0. The van der Waals surface area contributed by atoms with Crippen molar-refractivity contribution in [3.8, 4) is 5.75 Å². The molecule has 1 aromatic rings. The lowest BCUT2D eigenvalue weighted by molar-refractivity contribution is -0.127. The molecule has 2 aliphatic rings. The van der Waals surface area contributed by atoms with Gasteiger partial charge >= 0.3 is 0 Å². The van der Waals surface area contributed by atoms with E-state index < -0.39 is 0 Å². The van der Waals surface area contributed by atoms with Gasteiger partial charge in [0.05, 0.1) is 6.61 Å². The van der Waals surface area contributed by atoms with Crippen molar-refractivity contribution in [3.63, 3.8) is 0 Å². The fraction of sp³-hybridized carbons (Fsp3) is 0.650. The average molecular weight is 361 g/mol. The number of nitrogens with zero attached hydrogens (tertiary/aromatic N) is 2. The van der Waals surface area contributed by atoms with Crippen LogP contribution in [-0.2, 0) is 11.3 Å². The smallest absolute Gasteiger partial charge is 0.223 e. The van der Waals surface area contributed by atoms with E-state index in [1.54, 1.807) is 6.07 Å². The summed E-state index contributed by atoms with van der Waals surface area (Å²) in [6.45, 7) is 5.39. The van der Waals surface area contributed by atoms with E-state index in [1.165, 1.54) is 0 Å². The van der Waals surface area contributed by atoms with E-state index >= 15 is 0 Å². The molecule has 6 nitrogen and oxygen atoms in total. The van der Waals surface area contributed by atoms with Crippen molar-refractivity contribution in [1.29, 1.82) is 0 Å². The monoisotopic (exact) mass is 361 g/mol. The number of aliphatic hydroxyl groups excluding tert-OH is 1. The summed E-state index contributed by atoms with van der Waals surface area (Å²) in [7, 11) is 0. The third-order valence-electron chi connectivity index (χ3n) is 5.54. The van der Waals surface area contributed by atoms with E-state index in [0.29, 0.717) is 12.3 Å². The summed E-state index contributed by atoms with van der Waals surface area (Å²) in [5.74, 6) is 0.598. The molecule has 1 amide bonds. The Hall–Kier alpha value is -1.63. The number of aromatic hydroxyl groups is 1. The number of hydrogen-bond acceptors (Lipinski definition) is 5. The lowest BCUT2D eigenvalue weighted by atomic mass is 9.95. The molecule has 2 saturated heterocycles. The molecule has 2 aliphatic heterocycles. The summed E-state index contributed by atoms with van der Waals surface area (Å²) < 4.78 is 0. The highest BCUT2D eigenvalue weighted by molar-refractivity contribution is 5.79. The van der Waals surface area contributed by atoms with Crippen LogP contribution in [0.15, 0.2) is 24.3 Å². The predicted octanol–water partition coefficient (Wildman–Crippen LogP) is 1.18. The molecule has 0 bridgehead atoms. The Bertz CT molecular complexity index is 587. The van der Waals surface area contributed by atoms with Crippen molar-refractivity contribution in [2.24, 2.45) is 5.92 Å². The zero-order valence-corrected chi connectivity index (χ0v) is 15.4. The first-order valence-corrected chi connectivity index (χ1v) is 9.78. The maximum Gasteiger partial charge on any atom is 0.223 e. The quantitative estimate of drug-likeness (QED) is 0.709. The molecule has 2 fully saturated rings. The Kier molecular flexibility index (Phi) is 6.88. The lowest BCUT2D eigenvalue weighted by Gasteiger charge is -2.35. The number of carbonyl (C=O) groups excluding carboxylic acids is 1. The van der Waals surface area contributed by atoms with Gasteiger partial charge in [-0.05, 0) is 63.0 Å². The maximum absolute atomic E-state index is 12.6. The first-order chi connectivity index (χ1) is 12.6. The molecule has 0 saturated carbocycles. The van der Waals surface area contributed by atoms with E-state index in [-0.39, 0.29) is 24.5 Å². The summed E-state index contributed by atoms with van der Waals surface area (Å²) in [5.41, 5.74) is 1.10. The Morgan fingerprint density at radius 2 is 1.96 bits per heavy atom. The summed E-state index contributed by atoms with van der Waals surface area (Å²) >= 11 is 0. The minimum absolute atomic E-state index is 0.103. The number of rotatable bonds is 6. The number of amides is 1. The molecule has 1 atom stereocenters. The number of likely N-dealkylation sites (tertiary alicyclic amines) is 2. The molecule has 3 N–H and O–H groups in total. The van der Waals surface area contributed by atoms with E-state index in [4.69, 9.17) is 5.11 Å². The third-order valence-corrected chi connectivity index (χ3v) is 5.54. The number of phenols is 1. The van der Waals surface area contributed by atoms with Crippen molar-refractivity contribution >= 4 is 5.91 Å². The summed E-state index contributed by atoms with van der Waals surface area (Å²) in [4.78, 5) is 17.2.